The van der Waals surface area contributed by atoms with Crippen LogP contribution in [0.4, 0.5) is 0 Å². The number of carbonyl (C=O) groups is 1. The standard InChI is InChI=1S/C11H14O4/c12-5-3-8-1-2-10(11(14)15)7-9(8)4-6-13/h1-2,7,12-13H,3-6H2,(H,14,15). The SMILES string of the molecule is O=C(O)c1ccc(CCO)c(CCO)c1. The zero-order valence-electron chi connectivity index (χ0n) is 8.31. The molecule has 0 fully saturated rings. The van der Waals surface area contributed by atoms with Gasteiger partial charge in [0.25, 0.3) is 0 Å². The molecule has 82 valence electrons. The number of hydrogen-bond acceptors (Lipinski definition) is 3. The van der Waals surface area contributed by atoms with Crippen molar-refractivity contribution in [3.8, 4) is 0 Å². The van der Waals surface area contributed by atoms with Gasteiger partial charge in [0.15, 0.2) is 0 Å². The Morgan fingerprint density at radius 1 is 1.07 bits per heavy atom. The number of carboxylic acids is 1. The summed E-state index contributed by atoms with van der Waals surface area (Å²) in [5, 5.41) is 26.4. The van der Waals surface area contributed by atoms with Gasteiger partial charge >= 0.3 is 5.97 Å². The number of carboxylic acid groups (broad SMARTS) is 1. The maximum absolute atomic E-state index is 10.7. The van der Waals surface area contributed by atoms with E-state index in [-0.39, 0.29) is 18.8 Å². The second kappa shape index (κ2) is 5.48. The minimum absolute atomic E-state index is 0.0187. The lowest BCUT2D eigenvalue weighted by Gasteiger charge is -2.08. The molecule has 1 rings (SSSR count). The third-order valence-corrected chi connectivity index (χ3v) is 2.22. The summed E-state index contributed by atoms with van der Waals surface area (Å²) in [7, 11) is 0. The van der Waals surface area contributed by atoms with E-state index in [4.69, 9.17) is 15.3 Å². The van der Waals surface area contributed by atoms with Crippen molar-refractivity contribution in [1.82, 2.24) is 0 Å². The molecule has 0 aliphatic carbocycles. The van der Waals surface area contributed by atoms with E-state index in [2.05, 4.69) is 0 Å². The van der Waals surface area contributed by atoms with Gasteiger partial charge in [-0.05, 0) is 36.1 Å². The summed E-state index contributed by atoms with van der Waals surface area (Å²) >= 11 is 0. The van der Waals surface area contributed by atoms with Gasteiger partial charge in [-0.15, -0.1) is 0 Å². The monoisotopic (exact) mass is 210 g/mol. The maximum atomic E-state index is 10.7. The van der Waals surface area contributed by atoms with Crippen LogP contribution in [0, 0.1) is 0 Å². The summed E-state index contributed by atoms with van der Waals surface area (Å²) in [6.45, 7) is -0.00759. The van der Waals surface area contributed by atoms with Gasteiger partial charge in [-0.2, -0.15) is 0 Å². The van der Waals surface area contributed by atoms with Crippen LogP contribution in [0.25, 0.3) is 0 Å². The third-order valence-electron chi connectivity index (χ3n) is 2.22. The fraction of sp³-hybridized carbons (Fsp3) is 0.364. The van der Waals surface area contributed by atoms with Crippen molar-refractivity contribution in [3.05, 3.63) is 34.9 Å². The number of aliphatic hydroxyl groups excluding tert-OH is 2. The Hall–Kier alpha value is -1.39. The predicted molar refractivity (Wildman–Crippen MR) is 55.0 cm³/mol. The molecule has 0 heterocycles. The van der Waals surface area contributed by atoms with E-state index < -0.39 is 5.97 Å². The number of benzene rings is 1. The molecule has 1 aromatic rings. The molecule has 0 aliphatic rings. The van der Waals surface area contributed by atoms with Gasteiger partial charge in [0.1, 0.15) is 0 Å². The Labute approximate surface area is 87.8 Å². The highest BCUT2D eigenvalue weighted by Gasteiger charge is 2.07. The van der Waals surface area contributed by atoms with Gasteiger partial charge in [-0.1, -0.05) is 6.07 Å². The second-order valence-corrected chi connectivity index (χ2v) is 3.24. The smallest absolute Gasteiger partial charge is 0.335 e. The first kappa shape index (κ1) is 11.7. The molecule has 0 aliphatic heterocycles. The molecule has 0 aromatic heterocycles. The lowest BCUT2D eigenvalue weighted by atomic mass is 9.99. The molecule has 1 aromatic carbocycles. The minimum atomic E-state index is -0.982. The van der Waals surface area contributed by atoms with E-state index in [9.17, 15) is 4.79 Å². The van der Waals surface area contributed by atoms with Crippen molar-refractivity contribution in [2.24, 2.45) is 0 Å². The zero-order chi connectivity index (χ0) is 11.3. The molecule has 15 heavy (non-hydrogen) atoms. The lowest BCUT2D eigenvalue weighted by molar-refractivity contribution is 0.0696. The Kier molecular flexibility index (Phi) is 4.27. The fourth-order valence-electron chi connectivity index (χ4n) is 1.48. The molecule has 0 spiro atoms. The molecule has 0 bridgehead atoms. The molecule has 0 amide bonds. The number of aliphatic hydroxyl groups is 2. The number of rotatable bonds is 5. The van der Waals surface area contributed by atoms with Gasteiger partial charge in [-0.25, -0.2) is 4.79 Å². The molecular formula is C11H14O4. The van der Waals surface area contributed by atoms with Crippen LogP contribution in [0.5, 0.6) is 0 Å². The summed E-state index contributed by atoms with van der Waals surface area (Å²) in [5.74, 6) is -0.982. The number of aromatic carboxylic acids is 1. The van der Waals surface area contributed by atoms with Gasteiger partial charge < -0.3 is 15.3 Å². The third kappa shape index (κ3) is 3.04. The van der Waals surface area contributed by atoms with E-state index >= 15 is 0 Å². The summed E-state index contributed by atoms with van der Waals surface area (Å²) in [5.41, 5.74) is 1.88. The van der Waals surface area contributed by atoms with E-state index in [1.165, 1.54) is 6.07 Å². The molecule has 3 N–H and O–H groups in total. The molecule has 0 saturated carbocycles. The maximum Gasteiger partial charge on any atom is 0.335 e. The summed E-state index contributed by atoms with van der Waals surface area (Å²) in [6.07, 6.45) is 0.895. The fourth-order valence-corrected chi connectivity index (χ4v) is 1.48. The average Bonchev–Trinajstić information content (AvgIpc) is 2.21. The van der Waals surface area contributed by atoms with Crippen LogP contribution < -0.4 is 0 Å². The first-order chi connectivity index (χ1) is 7.19. The molecule has 0 radical (unpaired) electrons. The topological polar surface area (TPSA) is 77.8 Å². The van der Waals surface area contributed by atoms with Crippen LogP contribution in [-0.2, 0) is 12.8 Å². The Morgan fingerprint density at radius 3 is 2.20 bits per heavy atom. The highest BCUT2D eigenvalue weighted by molar-refractivity contribution is 5.87. The molecule has 4 nitrogen and oxygen atoms in total. The predicted octanol–water partition coefficient (Wildman–Crippen LogP) is 0.454. The molecule has 0 unspecified atom stereocenters. The van der Waals surface area contributed by atoms with Gasteiger partial charge in [0, 0.05) is 13.2 Å². The summed E-state index contributed by atoms with van der Waals surface area (Å²) in [4.78, 5) is 10.7. The van der Waals surface area contributed by atoms with Crippen LogP contribution in [-0.4, -0.2) is 34.5 Å². The first-order valence-corrected chi connectivity index (χ1v) is 4.76. The van der Waals surface area contributed by atoms with Crippen molar-refractivity contribution in [2.75, 3.05) is 13.2 Å². The largest absolute Gasteiger partial charge is 0.478 e. The first-order valence-electron chi connectivity index (χ1n) is 4.76. The highest BCUT2D eigenvalue weighted by Crippen LogP contribution is 2.13. The normalized spacial score (nSPS) is 10.3. The lowest BCUT2D eigenvalue weighted by Crippen LogP contribution is -2.04. The van der Waals surface area contributed by atoms with E-state index in [1.807, 2.05) is 0 Å². The van der Waals surface area contributed by atoms with Gasteiger partial charge in [-0.3, -0.25) is 0 Å². The summed E-state index contributed by atoms with van der Waals surface area (Å²) in [6, 6.07) is 4.74. The number of hydrogen-bond donors (Lipinski definition) is 3. The highest BCUT2D eigenvalue weighted by atomic mass is 16.4. The van der Waals surface area contributed by atoms with Crippen LogP contribution in [0.15, 0.2) is 18.2 Å². The minimum Gasteiger partial charge on any atom is -0.478 e. The van der Waals surface area contributed by atoms with Crippen LogP contribution in [0.2, 0.25) is 0 Å². The van der Waals surface area contributed by atoms with Gasteiger partial charge in [0.05, 0.1) is 5.56 Å². The van der Waals surface area contributed by atoms with Crippen molar-refractivity contribution in [1.29, 1.82) is 0 Å². The molecule has 0 atom stereocenters. The molecule has 0 saturated heterocycles. The molecule has 4 heteroatoms. The van der Waals surface area contributed by atoms with Crippen molar-refractivity contribution in [3.63, 3.8) is 0 Å². The molecular weight excluding hydrogens is 196 g/mol. The average molecular weight is 210 g/mol. The zero-order valence-corrected chi connectivity index (χ0v) is 8.31. The van der Waals surface area contributed by atoms with Crippen LogP contribution >= 0.6 is 0 Å². The summed E-state index contributed by atoms with van der Waals surface area (Å²) < 4.78 is 0. The van der Waals surface area contributed by atoms with Crippen molar-refractivity contribution >= 4 is 5.97 Å². The van der Waals surface area contributed by atoms with Gasteiger partial charge in [0.2, 0.25) is 0 Å². The van der Waals surface area contributed by atoms with Crippen molar-refractivity contribution in [2.45, 2.75) is 12.8 Å². The van der Waals surface area contributed by atoms with E-state index in [0.29, 0.717) is 12.8 Å². The van der Waals surface area contributed by atoms with Crippen molar-refractivity contribution < 1.29 is 20.1 Å². The van der Waals surface area contributed by atoms with E-state index in [1.54, 1.807) is 12.1 Å². The quantitative estimate of drug-likeness (QED) is 0.659. The van der Waals surface area contributed by atoms with Crippen LogP contribution in [0.1, 0.15) is 21.5 Å². The van der Waals surface area contributed by atoms with E-state index in [0.717, 1.165) is 11.1 Å². The Balaban J connectivity index is 3.02. The second-order valence-electron chi connectivity index (χ2n) is 3.24. The van der Waals surface area contributed by atoms with Crippen LogP contribution in [0.3, 0.4) is 0 Å². The Morgan fingerprint density at radius 2 is 1.67 bits per heavy atom. The Bertz CT molecular complexity index is 346.